The van der Waals surface area contributed by atoms with Crippen molar-refractivity contribution in [3.05, 3.63) is 0 Å². The van der Waals surface area contributed by atoms with E-state index in [0.29, 0.717) is 0 Å². The fourth-order valence-corrected chi connectivity index (χ4v) is 0.958. The molecule has 0 aliphatic carbocycles. The van der Waals surface area contributed by atoms with Gasteiger partial charge in [0.1, 0.15) is 0 Å². The van der Waals surface area contributed by atoms with Gasteiger partial charge in [0.2, 0.25) is 0 Å². The number of phosphoric acid groups is 1. The van der Waals surface area contributed by atoms with E-state index in [-0.39, 0.29) is 6.61 Å². The van der Waals surface area contributed by atoms with Gasteiger partial charge in [-0.1, -0.05) is 13.3 Å². The summed E-state index contributed by atoms with van der Waals surface area (Å²) in [4.78, 5) is 8.64. The molecule has 0 bridgehead atoms. The van der Waals surface area contributed by atoms with E-state index in [1.165, 1.54) is 0 Å². The van der Waals surface area contributed by atoms with Crippen LogP contribution in [-0.4, -0.2) is 11.5 Å². The molecule has 1 N–H and O–H groups in total. The quantitative estimate of drug-likeness (QED) is 0.524. The Bertz CT molecular complexity index is 126. The zero-order valence-corrected chi connectivity index (χ0v) is 7.87. The molecule has 0 aromatic carbocycles. The van der Waals surface area contributed by atoms with Crippen LogP contribution in [0, 0.1) is 0 Å². The number of rotatable bonds is 5. The molecule has 0 saturated carbocycles. The smallest absolute Gasteiger partial charge is 0.302 e. The van der Waals surface area contributed by atoms with Gasteiger partial charge in [-0.15, -0.1) is 0 Å². The van der Waals surface area contributed by atoms with Gasteiger partial charge in [-0.05, 0) is 6.42 Å². The van der Waals surface area contributed by atoms with Crippen molar-refractivity contribution in [2.75, 3.05) is 6.61 Å². The third-order valence-corrected chi connectivity index (χ3v) is 2.46. The lowest BCUT2D eigenvalue weighted by Gasteiger charge is -2.06. The number of hydrogen-bond donors (Lipinski definition) is 1. The Morgan fingerprint density at radius 3 is 2.70 bits per heavy atom. The van der Waals surface area contributed by atoms with Gasteiger partial charge >= 0.3 is 7.82 Å². The van der Waals surface area contributed by atoms with E-state index in [1.807, 2.05) is 6.92 Å². The molecule has 0 aliphatic heterocycles. The molecule has 2 atom stereocenters. The molecule has 0 aromatic rings. The van der Waals surface area contributed by atoms with Crippen LogP contribution < -0.4 is 0 Å². The molecule has 10 heavy (non-hydrogen) atoms. The van der Waals surface area contributed by atoms with E-state index < -0.39 is 7.82 Å². The van der Waals surface area contributed by atoms with Crippen LogP contribution in [0.25, 0.3) is 0 Å². The Kier molecular flexibility index (Phi) is 5.51. The SMILES string of the molecule is CCCCOP(=O)(O)OP. The highest BCUT2D eigenvalue weighted by atomic mass is 31.2. The molecule has 0 amide bonds. The van der Waals surface area contributed by atoms with Gasteiger partial charge in [0.15, 0.2) is 0 Å². The number of hydrogen-bond acceptors (Lipinski definition) is 3. The Balaban J connectivity index is 3.38. The molecule has 0 spiro atoms. The second kappa shape index (κ2) is 5.22. The highest BCUT2D eigenvalue weighted by Gasteiger charge is 2.17. The van der Waals surface area contributed by atoms with Crippen molar-refractivity contribution in [3.8, 4) is 0 Å². The summed E-state index contributed by atoms with van der Waals surface area (Å²) in [5.41, 5.74) is 0. The molecule has 0 aliphatic rings. The summed E-state index contributed by atoms with van der Waals surface area (Å²) in [7, 11) is -2.04. The van der Waals surface area contributed by atoms with E-state index in [2.05, 4.69) is 8.83 Å². The second-order valence-electron chi connectivity index (χ2n) is 1.76. The maximum Gasteiger partial charge on any atom is 0.474 e. The van der Waals surface area contributed by atoms with Crippen molar-refractivity contribution in [1.82, 2.24) is 0 Å². The van der Waals surface area contributed by atoms with Crippen molar-refractivity contribution in [1.29, 1.82) is 0 Å². The van der Waals surface area contributed by atoms with Crippen LogP contribution in [0.5, 0.6) is 0 Å². The predicted octanol–water partition coefficient (Wildman–Crippen LogP) is 1.71. The van der Waals surface area contributed by atoms with Crippen LogP contribution >= 0.6 is 17.3 Å². The number of unbranched alkanes of at least 4 members (excludes halogenated alkanes) is 1. The minimum absolute atomic E-state index is 0.263. The van der Waals surface area contributed by atoms with Crippen molar-refractivity contribution in [2.24, 2.45) is 0 Å². The first-order valence-electron chi connectivity index (χ1n) is 2.98. The van der Waals surface area contributed by atoms with Gasteiger partial charge in [0.05, 0.1) is 6.61 Å². The molecule has 4 nitrogen and oxygen atoms in total. The fourth-order valence-electron chi connectivity index (χ4n) is 0.355. The summed E-state index contributed by atoms with van der Waals surface area (Å²) < 4.78 is 19.1. The molecule has 0 saturated heterocycles. The Morgan fingerprint density at radius 1 is 1.70 bits per heavy atom. The van der Waals surface area contributed by atoms with Gasteiger partial charge in [-0.3, -0.25) is 8.83 Å². The third kappa shape index (κ3) is 5.33. The lowest BCUT2D eigenvalue weighted by atomic mass is 10.4. The first-order valence-corrected chi connectivity index (χ1v) is 4.95. The Hall–Kier alpha value is 0.540. The molecule has 0 heterocycles. The highest BCUT2D eigenvalue weighted by Crippen LogP contribution is 2.45. The Morgan fingerprint density at radius 2 is 2.30 bits per heavy atom. The maximum atomic E-state index is 10.5. The summed E-state index contributed by atoms with van der Waals surface area (Å²) in [6.45, 7) is 2.23. The first-order chi connectivity index (χ1) is 4.62. The van der Waals surface area contributed by atoms with Crippen LogP contribution in [0.2, 0.25) is 0 Å². The first kappa shape index (κ1) is 10.5. The van der Waals surface area contributed by atoms with Crippen LogP contribution in [0.1, 0.15) is 19.8 Å². The molecule has 6 heteroatoms. The maximum absolute atomic E-state index is 10.5. The summed E-state index contributed by atoms with van der Waals surface area (Å²) in [6, 6.07) is 0. The molecule has 2 unspecified atom stereocenters. The molecule has 0 fully saturated rings. The molecule has 0 radical (unpaired) electrons. The van der Waals surface area contributed by atoms with E-state index in [9.17, 15) is 4.57 Å². The summed E-state index contributed by atoms with van der Waals surface area (Å²) in [5, 5.41) is 0. The summed E-state index contributed by atoms with van der Waals surface area (Å²) >= 11 is 0. The standard InChI is InChI=1S/C4H12O4P2/c1-2-3-4-7-10(5,6)8-9/h2-4,9H2,1H3,(H,5,6). The largest absolute Gasteiger partial charge is 0.474 e. The van der Waals surface area contributed by atoms with Crippen molar-refractivity contribution < 1.29 is 18.3 Å². The van der Waals surface area contributed by atoms with Gasteiger partial charge in [-0.25, -0.2) is 4.57 Å². The third-order valence-electron chi connectivity index (χ3n) is 0.886. The van der Waals surface area contributed by atoms with E-state index in [1.54, 1.807) is 9.47 Å². The second-order valence-corrected chi connectivity index (χ2v) is 3.80. The summed E-state index contributed by atoms with van der Waals surface area (Å²) in [5.74, 6) is 0. The zero-order chi connectivity index (χ0) is 8.04. The zero-order valence-electron chi connectivity index (χ0n) is 5.82. The summed E-state index contributed by atoms with van der Waals surface area (Å²) in [6.07, 6.45) is 1.69. The molecule has 62 valence electrons. The number of phosphoric ester groups is 1. The molecular weight excluding hydrogens is 174 g/mol. The van der Waals surface area contributed by atoms with Crippen molar-refractivity contribution in [2.45, 2.75) is 19.8 Å². The lowest BCUT2D eigenvalue weighted by Crippen LogP contribution is -1.91. The topological polar surface area (TPSA) is 55.8 Å². The average molecular weight is 186 g/mol. The fraction of sp³-hybridized carbons (Fsp3) is 1.00. The van der Waals surface area contributed by atoms with Gasteiger partial charge in [-0.2, -0.15) is 0 Å². The Labute approximate surface area is 62.8 Å². The normalized spacial score (nSPS) is 16.7. The van der Waals surface area contributed by atoms with E-state index in [0.717, 1.165) is 12.8 Å². The van der Waals surface area contributed by atoms with Crippen molar-refractivity contribution in [3.63, 3.8) is 0 Å². The monoisotopic (exact) mass is 186 g/mol. The average Bonchev–Trinajstić information content (AvgIpc) is 1.89. The molecule has 0 rings (SSSR count). The van der Waals surface area contributed by atoms with Crippen LogP contribution in [0.3, 0.4) is 0 Å². The van der Waals surface area contributed by atoms with E-state index >= 15 is 0 Å². The van der Waals surface area contributed by atoms with Gasteiger partial charge < -0.3 is 4.89 Å². The predicted molar refractivity (Wildman–Crippen MR) is 41.5 cm³/mol. The minimum Gasteiger partial charge on any atom is -0.302 e. The van der Waals surface area contributed by atoms with Gasteiger partial charge in [0, 0.05) is 9.47 Å². The molecular formula is C4H12O4P2. The van der Waals surface area contributed by atoms with Gasteiger partial charge in [0.25, 0.3) is 0 Å². The molecule has 0 aromatic heterocycles. The van der Waals surface area contributed by atoms with Crippen LogP contribution in [0.15, 0.2) is 0 Å². The van der Waals surface area contributed by atoms with Crippen molar-refractivity contribution >= 4 is 17.3 Å². The minimum atomic E-state index is -3.74. The lowest BCUT2D eigenvalue weighted by molar-refractivity contribution is 0.208. The highest BCUT2D eigenvalue weighted by molar-refractivity contribution is 7.52. The van der Waals surface area contributed by atoms with Crippen LogP contribution in [0.4, 0.5) is 0 Å². The van der Waals surface area contributed by atoms with Crippen LogP contribution in [-0.2, 0) is 13.4 Å². The van der Waals surface area contributed by atoms with E-state index in [4.69, 9.17) is 4.89 Å².